The fourth-order valence-electron chi connectivity index (χ4n) is 3.62. The van der Waals surface area contributed by atoms with Crippen LogP contribution < -0.4 is 15.4 Å². The molecule has 1 aromatic carbocycles. The number of aliphatic hydroxyl groups is 1. The minimum Gasteiger partial charge on any atom is -0.497 e. The van der Waals surface area contributed by atoms with Crippen molar-refractivity contribution in [1.82, 2.24) is 10.2 Å². The second-order valence-corrected chi connectivity index (χ2v) is 7.19. The minimum atomic E-state index is -0.553. The molecule has 160 valence electrons. The predicted octanol–water partition coefficient (Wildman–Crippen LogP) is 0.974. The van der Waals surface area contributed by atoms with Crippen LogP contribution in [0.4, 0.5) is 10.5 Å². The van der Waals surface area contributed by atoms with Crippen LogP contribution >= 0.6 is 0 Å². The van der Waals surface area contributed by atoms with Crippen LogP contribution in [0.25, 0.3) is 0 Å². The van der Waals surface area contributed by atoms with Crippen molar-refractivity contribution in [3.63, 3.8) is 0 Å². The number of benzene rings is 1. The zero-order valence-electron chi connectivity index (χ0n) is 16.6. The van der Waals surface area contributed by atoms with Crippen LogP contribution in [-0.2, 0) is 14.3 Å². The molecule has 29 heavy (non-hydrogen) atoms. The van der Waals surface area contributed by atoms with Gasteiger partial charge in [0.2, 0.25) is 5.91 Å². The molecule has 0 aromatic heterocycles. The smallest absolute Gasteiger partial charge is 0.319 e. The van der Waals surface area contributed by atoms with Crippen molar-refractivity contribution in [1.29, 1.82) is 0 Å². The summed E-state index contributed by atoms with van der Waals surface area (Å²) in [5, 5.41) is 15.3. The number of urea groups is 1. The van der Waals surface area contributed by atoms with Crippen LogP contribution in [0.3, 0.4) is 0 Å². The number of methoxy groups -OCH3 is 1. The lowest BCUT2D eigenvalue weighted by Crippen LogP contribution is -2.52. The number of morpholine rings is 1. The van der Waals surface area contributed by atoms with Crippen molar-refractivity contribution in [2.45, 2.75) is 37.5 Å². The van der Waals surface area contributed by atoms with Gasteiger partial charge in [0.25, 0.3) is 0 Å². The molecule has 0 radical (unpaired) electrons. The summed E-state index contributed by atoms with van der Waals surface area (Å²) < 4.78 is 16.3. The highest BCUT2D eigenvalue weighted by molar-refractivity contribution is 5.89. The normalized spacial score (nSPS) is 24.6. The van der Waals surface area contributed by atoms with Gasteiger partial charge >= 0.3 is 6.03 Å². The Morgan fingerprint density at radius 2 is 2.07 bits per heavy atom. The lowest BCUT2D eigenvalue weighted by Gasteiger charge is -2.37. The number of nitrogens with zero attached hydrogens (tertiary/aromatic N) is 1. The van der Waals surface area contributed by atoms with Gasteiger partial charge in [0.05, 0.1) is 45.5 Å². The summed E-state index contributed by atoms with van der Waals surface area (Å²) in [6.07, 6.45) is 0.720. The van der Waals surface area contributed by atoms with E-state index in [1.54, 1.807) is 36.3 Å². The largest absolute Gasteiger partial charge is 0.497 e. The molecular formula is C20H29N3O6. The number of hydrogen-bond donors (Lipinski definition) is 3. The minimum absolute atomic E-state index is 0.0390. The molecule has 2 fully saturated rings. The van der Waals surface area contributed by atoms with E-state index in [9.17, 15) is 14.7 Å². The van der Waals surface area contributed by atoms with Gasteiger partial charge in [-0.05, 0) is 25.0 Å². The maximum absolute atomic E-state index is 12.4. The number of nitrogens with one attached hydrogen (secondary N) is 2. The Hall–Kier alpha value is -2.36. The number of rotatable bonds is 6. The van der Waals surface area contributed by atoms with Crippen molar-refractivity contribution in [3.05, 3.63) is 24.3 Å². The molecule has 3 atom stereocenters. The number of carbonyl (C=O) groups excluding carboxylic acids is 2. The summed E-state index contributed by atoms with van der Waals surface area (Å²) >= 11 is 0. The van der Waals surface area contributed by atoms with E-state index in [2.05, 4.69) is 10.6 Å². The quantitative estimate of drug-likeness (QED) is 0.649. The zero-order chi connectivity index (χ0) is 20.6. The second kappa shape index (κ2) is 10.4. The topological polar surface area (TPSA) is 109 Å². The standard InChI is InChI=1S/C20H29N3O6/c1-27-15-4-2-3-14(11-15)21-20(26)22-17-6-5-16(29-18(17)13-24)12-19(25)23-7-9-28-10-8-23/h2-4,11,16-18,24H,5-10,12-13H2,1H3,(H2,21,22,26)/t16-,17-,18-/m0/s1. The molecule has 2 aliphatic rings. The van der Waals surface area contributed by atoms with Crippen LogP contribution in [0.15, 0.2) is 24.3 Å². The van der Waals surface area contributed by atoms with E-state index in [1.807, 2.05) is 0 Å². The van der Waals surface area contributed by atoms with Crippen LogP contribution in [0, 0.1) is 0 Å². The third-order valence-corrected chi connectivity index (χ3v) is 5.21. The second-order valence-electron chi connectivity index (χ2n) is 7.19. The SMILES string of the molecule is COc1cccc(NC(=O)N[C@H]2CC[C@@H](CC(=O)N3CCOCC3)O[C@H]2CO)c1. The third-order valence-electron chi connectivity index (χ3n) is 5.21. The molecule has 0 saturated carbocycles. The Morgan fingerprint density at radius 3 is 2.79 bits per heavy atom. The first-order valence-corrected chi connectivity index (χ1v) is 9.92. The van der Waals surface area contributed by atoms with Crippen molar-refractivity contribution >= 4 is 17.6 Å². The fourth-order valence-corrected chi connectivity index (χ4v) is 3.62. The summed E-state index contributed by atoms with van der Waals surface area (Å²) in [4.78, 5) is 26.5. The summed E-state index contributed by atoms with van der Waals surface area (Å²) in [5.41, 5.74) is 0.605. The number of amides is 3. The molecule has 9 nitrogen and oxygen atoms in total. The molecule has 2 aliphatic heterocycles. The average molecular weight is 407 g/mol. The van der Waals surface area contributed by atoms with Gasteiger partial charge in [-0.15, -0.1) is 0 Å². The molecule has 2 saturated heterocycles. The average Bonchev–Trinajstić information content (AvgIpc) is 2.75. The first kappa shape index (κ1) is 21.4. The number of hydrogen-bond acceptors (Lipinski definition) is 6. The van der Waals surface area contributed by atoms with Gasteiger partial charge in [-0.3, -0.25) is 4.79 Å². The van der Waals surface area contributed by atoms with Crippen LogP contribution in [0.2, 0.25) is 0 Å². The molecule has 1 aromatic rings. The Morgan fingerprint density at radius 1 is 1.28 bits per heavy atom. The Kier molecular flexibility index (Phi) is 7.68. The molecule has 0 unspecified atom stereocenters. The highest BCUT2D eigenvalue weighted by atomic mass is 16.5. The van der Waals surface area contributed by atoms with E-state index in [1.165, 1.54) is 0 Å². The maximum Gasteiger partial charge on any atom is 0.319 e. The number of aliphatic hydroxyl groups excluding tert-OH is 1. The van der Waals surface area contributed by atoms with Gasteiger partial charge in [-0.25, -0.2) is 4.79 Å². The van der Waals surface area contributed by atoms with E-state index in [0.29, 0.717) is 50.6 Å². The lowest BCUT2D eigenvalue weighted by atomic mass is 9.97. The summed E-state index contributed by atoms with van der Waals surface area (Å²) in [5.74, 6) is 0.682. The first-order valence-electron chi connectivity index (χ1n) is 9.92. The Labute approximate surface area is 170 Å². The molecule has 0 bridgehead atoms. The van der Waals surface area contributed by atoms with Gasteiger partial charge in [0, 0.05) is 24.8 Å². The first-order chi connectivity index (χ1) is 14.1. The van der Waals surface area contributed by atoms with E-state index in [4.69, 9.17) is 14.2 Å². The molecule has 2 heterocycles. The number of anilines is 1. The molecule has 0 spiro atoms. The van der Waals surface area contributed by atoms with Crippen molar-refractivity contribution in [2.24, 2.45) is 0 Å². The predicted molar refractivity (Wildman–Crippen MR) is 106 cm³/mol. The van der Waals surface area contributed by atoms with Gasteiger partial charge in [0.15, 0.2) is 0 Å². The van der Waals surface area contributed by atoms with Crippen LogP contribution in [0.5, 0.6) is 5.75 Å². The summed E-state index contributed by atoms with van der Waals surface area (Å²) in [7, 11) is 1.56. The Balaban J connectivity index is 1.48. The molecule has 3 amide bonds. The highest BCUT2D eigenvalue weighted by Crippen LogP contribution is 2.23. The number of carbonyl (C=O) groups is 2. The molecule has 0 aliphatic carbocycles. The fraction of sp³-hybridized carbons (Fsp3) is 0.600. The van der Waals surface area contributed by atoms with Gasteiger partial charge in [-0.1, -0.05) is 6.07 Å². The van der Waals surface area contributed by atoms with Gasteiger partial charge in [-0.2, -0.15) is 0 Å². The molecule has 3 N–H and O–H groups in total. The van der Waals surface area contributed by atoms with Crippen LogP contribution in [0.1, 0.15) is 19.3 Å². The maximum atomic E-state index is 12.4. The van der Waals surface area contributed by atoms with Gasteiger partial charge < -0.3 is 34.9 Å². The van der Waals surface area contributed by atoms with E-state index < -0.39 is 6.10 Å². The van der Waals surface area contributed by atoms with Crippen molar-refractivity contribution < 1.29 is 28.9 Å². The van der Waals surface area contributed by atoms with Crippen molar-refractivity contribution in [3.8, 4) is 5.75 Å². The summed E-state index contributed by atoms with van der Waals surface area (Å²) in [6.45, 7) is 2.09. The molecular weight excluding hydrogens is 378 g/mol. The number of ether oxygens (including phenoxy) is 3. The van der Waals surface area contributed by atoms with Gasteiger partial charge in [0.1, 0.15) is 11.9 Å². The Bertz CT molecular complexity index is 695. The van der Waals surface area contributed by atoms with E-state index in [0.717, 1.165) is 0 Å². The van der Waals surface area contributed by atoms with E-state index in [-0.39, 0.29) is 37.1 Å². The van der Waals surface area contributed by atoms with Crippen LogP contribution in [-0.4, -0.2) is 80.2 Å². The monoisotopic (exact) mass is 407 g/mol. The highest BCUT2D eigenvalue weighted by Gasteiger charge is 2.33. The third kappa shape index (κ3) is 6.06. The molecule has 3 rings (SSSR count). The molecule has 9 heteroatoms. The summed E-state index contributed by atoms with van der Waals surface area (Å²) in [6, 6.07) is 6.33. The van der Waals surface area contributed by atoms with E-state index >= 15 is 0 Å². The van der Waals surface area contributed by atoms with Crippen molar-refractivity contribution in [2.75, 3.05) is 45.3 Å². The zero-order valence-corrected chi connectivity index (χ0v) is 16.6. The lowest BCUT2D eigenvalue weighted by molar-refractivity contribution is -0.143.